The molecule has 1 heterocycles. The molecule has 2 aromatic carbocycles. The predicted octanol–water partition coefficient (Wildman–Crippen LogP) is 6.65. The molecule has 0 saturated heterocycles. The van der Waals surface area contributed by atoms with Crippen molar-refractivity contribution in [3.63, 3.8) is 0 Å². The fraction of sp³-hybridized carbons (Fsp3) is 0.333. The van der Waals surface area contributed by atoms with E-state index in [0.29, 0.717) is 45.5 Å². The summed E-state index contributed by atoms with van der Waals surface area (Å²) in [7, 11) is 4.57. The number of halogens is 1. The standard InChI is InChI=1S/C30H35ClN2O5/c1-8-9-11-21-24(25-22(36-6)12-10-13-23(25)37-7)27(34)26(28(35)33-21)29(32-5)38-18(2)30(3,4)19-14-16-20(31)17-15-19/h10,12-17H,2,8-9,11H2,1,3-7H3,(H2,33,34,35). The minimum atomic E-state index is -0.654. The minimum Gasteiger partial charge on any atom is -0.506 e. The van der Waals surface area contributed by atoms with Crippen LogP contribution in [-0.2, 0) is 16.6 Å². The number of ether oxygens (including phenoxy) is 3. The minimum absolute atomic E-state index is 0.0621. The van der Waals surface area contributed by atoms with Crippen molar-refractivity contribution >= 4 is 17.5 Å². The molecular formula is C30H35ClN2O5. The second kappa shape index (κ2) is 12.2. The second-order valence-electron chi connectivity index (χ2n) is 9.36. The maximum atomic E-state index is 13.4. The Balaban J connectivity index is 2.18. The Morgan fingerprint density at radius 3 is 2.21 bits per heavy atom. The lowest BCUT2D eigenvalue weighted by atomic mass is 9.83. The third-order valence-corrected chi connectivity index (χ3v) is 6.88. The van der Waals surface area contributed by atoms with Gasteiger partial charge < -0.3 is 24.3 Å². The van der Waals surface area contributed by atoms with Crippen LogP contribution in [0.1, 0.15) is 50.4 Å². The van der Waals surface area contributed by atoms with Crippen molar-refractivity contribution in [2.45, 2.75) is 45.4 Å². The number of pyridine rings is 1. The number of rotatable bonds is 10. The summed E-state index contributed by atoms with van der Waals surface area (Å²) in [6, 6.07) is 12.7. The number of H-pyrrole nitrogens is 1. The molecule has 1 aromatic heterocycles. The number of aliphatic imine (C=N–C) groups is 1. The molecule has 0 spiro atoms. The van der Waals surface area contributed by atoms with Crippen LogP contribution >= 0.6 is 11.6 Å². The van der Waals surface area contributed by atoms with Gasteiger partial charge in [0.2, 0.25) is 5.90 Å². The van der Waals surface area contributed by atoms with Crippen LogP contribution in [0.3, 0.4) is 0 Å². The number of aromatic amines is 1. The zero-order valence-corrected chi connectivity index (χ0v) is 23.5. The lowest BCUT2D eigenvalue weighted by molar-refractivity contribution is 0.329. The quantitative estimate of drug-likeness (QED) is 0.171. The number of aryl methyl sites for hydroxylation is 1. The molecule has 202 valence electrons. The van der Waals surface area contributed by atoms with Gasteiger partial charge in [0.25, 0.3) is 5.56 Å². The predicted molar refractivity (Wildman–Crippen MR) is 153 cm³/mol. The first kappa shape index (κ1) is 28.9. The van der Waals surface area contributed by atoms with Gasteiger partial charge in [-0.15, -0.1) is 0 Å². The molecule has 0 fully saturated rings. The van der Waals surface area contributed by atoms with Gasteiger partial charge in [-0.25, -0.2) is 0 Å². The van der Waals surface area contributed by atoms with Gasteiger partial charge in [-0.05, 0) is 56.5 Å². The third kappa shape index (κ3) is 5.73. The van der Waals surface area contributed by atoms with E-state index in [1.54, 1.807) is 44.6 Å². The Labute approximate surface area is 228 Å². The number of hydrogen-bond acceptors (Lipinski definition) is 6. The molecular weight excluding hydrogens is 504 g/mol. The number of hydrogen-bond donors (Lipinski definition) is 2. The molecule has 3 rings (SSSR count). The number of nitrogens with zero attached hydrogens (tertiary/aromatic N) is 1. The van der Waals surface area contributed by atoms with Crippen LogP contribution in [0.15, 0.2) is 64.6 Å². The highest BCUT2D eigenvalue weighted by Crippen LogP contribution is 2.45. The van der Waals surface area contributed by atoms with Crippen molar-refractivity contribution in [1.29, 1.82) is 0 Å². The molecule has 0 aliphatic rings. The summed E-state index contributed by atoms with van der Waals surface area (Å²) < 4.78 is 17.3. The van der Waals surface area contributed by atoms with Gasteiger partial charge in [0, 0.05) is 23.2 Å². The summed E-state index contributed by atoms with van der Waals surface area (Å²) in [6.07, 6.45) is 2.24. The molecule has 0 aliphatic carbocycles. The fourth-order valence-corrected chi connectivity index (χ4v) is 4.35. The van der Waals surface area contributed by atoms with Crippen molar-refractivity contribution in [1.82, 2.24) is 4.98 Å². The molecule has 0 atom stereocenters. The molecule has 38 heavy (non-hydrogen) atoms. The molecule has 0 radical (unpaired) electrons. The van der Waals surface area contributed by atoms with Crippen LogP contribution in [0.5, 0.6) is 17.2 Å². The highest BCUT2D eigenvalue weighted by Gasteiger charge is 2.31. The molecule has 7 nitrogen and oxygen atoms in total. The summed E-state index contributed by atoms with van der Waals surface area (Å²) >= 11 is 6.06. The van der Waals surface area contributed by atoms with E-state index in [1.807, 2.05) is 26.0 Å². The molecule has 8 heteroatoms. The van der Waals surface area contributed by atoms with Gasteiger partial charge in [-0.3, -0.25) is 9.79 Å². The SMILES string of the molecule is C=C(OC(=NC)c1c(O)c(-c2c(OC)cccc2OC)c(CCCC)[nH]c1=O)C(C)(C)c1ccc(Cl)cc1. The molecule has 0 bridgehead atoms. The number of methoxy groups -OCH3 is 2. The molecule has 2 N–H and O–H groups in total. The highest BCUT2D eigenvalue weighted by atomic mass is 35.5. The summed E-state index contributed by atoms with van der Waals surface area (Å²) in [6.45, 7) is 10.1. The average Bonchev–Trinajstić information content (AvgIpc) is 2.90. The first-order valence-electron chi connectivity index (χ1n) is 12.4. The van der Waals surface area contributed by atoms with Crippen LogP contribution in [-0.4, -0.2) is 37.3 Å². The lowest BCUT2D eigenvalue weighted by Gasteiger charge is -2.28. The van der Waals surface area contributed by atoms with Gasteiger partial charge >= 0.3 is 0 Å². The maximum absolute atomic E-state index is 13.4. The number of aromatic nitrogens is 1. The van der Waals surface area contributed by atoms with Crippen LogP contribution in [0.4, 0.5) is 0 Å². The normalized spacial score (nSPS) is 11.8. The molecule has 0 aliphatic heterocycles. The Hall–Kier alpha value is -3.71. The van der Waals surface area contributed by atoms with E-state index < -0.39 is 11.0 Å². The smallest absolute Gasteiger partial charge is 0.264 e. The summed E-state index contributed by atoms with van der Waals surface area (Å²) in [5.74, 6) is 0.971. The number of nitrogens with one attached hydrogen (secondary N) is 1. The molecule has 0 saturated carbocycles. The van der Waals surface area contributed by atoms with Crippen LogP contribution in [0.2, 0.25) is 5.02 Å². The van der Waals surface area contributed by atoms with E-state index >= 15 is 0 Å². The Morgan fingerprint density at radius 1 is 1.08 bits per heavy atom. The van der Waals surface area contributed by atoms with Gasteiger partial charge in [-0.2, -0.15) is 0 Å². The summed E-state index contributed by atoms with van der Waals surface area (Å²) in [5, 5.41) is 12.3. The molecule has 0 unspecified atom stereocenters. The maximum Gasteiger partial charge on any atom is 0.264 e. The first-order chi connectivity index (χ1) is 18.1. The van der Waals surface area contributed by atoms with Crippen LogP contribution in [0, 0.1) is 0 Å². The highest BCUT2D eigenvalue weighted by molar-refractivity contribution is 6.30. The number of benzene rings is 2. The van der Waals surface area contributed by atoms with Crippen LogP contribution in [0.25, 0.3) is 11.1 Å². The van der Waals surface area contributed by atoms with E-state index in [2.05, 4.69) is 23.5 Å². The second-order valence-corrected chi connectivity index (χ2v) is 9.79. The lowest BCUT2D eigenvalue weighted by Crippen LogP contribution is -2.27. The Morgan fingerprint density at radius 2 is 1.68 bits per heavy atom. The number of unbranched alkanes of at least 4 members (excludes halogenated alkanes) is 1. The van der Waals surface area contributed by atoms with Gasteiger partial charge in [-0.1, -0.05) is 49.7 Å². The van der Waals surface area contributed by atoms with Crippen molar-refractivity contribution in [2.24, 2.45) is 4.99 Å². The van der Waals surface area contributed by atoms with Crippen molar-refractivity contribution < 1.29 is 19.3 Å². The van der Waals surface area contributed by atoms with Crippen molar-refractivity contribution in [3.05, 3.63) is 87.0 Å². The summed E-state index contributed by atoms with van der Waals surface area (Å²) in [5.41, 5.74) is 1.11. The largest absolute Gasteiger partial charge is 0.506 e. The van der Waals surface area contributed by atoms with E-state index in [0.717, 1.165) is 18.4 Å². The Bertz CT molecular complexity index is 1370. The third-order valence-electron chi connectivity index (χ3n) is 6.62. The zero-order chi connectivity index (χ0) is 28.0. The zero-order valence-electron chi connectivity index (χ0n) is 22.8. The van der Waals surface area contributed by atoms with Crippen LogP contribution < -0.4 is 15.0 Å². The van der Waals surface area contributed by atoms with Crippen molar-refractivity contribution in [3.8, 4) is 28.4 Å². The van der Waals surface area contributed by atoms with Gasteiger partial charge in [0.05, 0.1) is 25.3 Å². The Kier molecular flexibility index (Phi) is 9.28. The van der Waals surface area contributed by atoms with Crippen molar-refractivity contribution in [2.75, 3.05) is 21.3 Å². The monoisotopic (exact) mass is 538 g/mol. The summed E-state index contributed by atoms with van der Waals surface area (Å²) in [4.78, 5) is 20.5. The first-order valence-corrected chi connectivity index (χ1v) is 12.8. The molecule has 3 aromatic rings. The number of allylic oxidation sites excluding steroid dienone is 1. The number of aromatic hydroxyl groups is 1. The average molecular weight is 539 g/mol. The fourth-order valence-electron chi connectivity index (χ4n) is 4.22. The topological polar surface area (TPSA) is 93.1 Å². The van der Waals surface area contributed by atoms with E-state index in [4.69, 9.17) is 25.8 Å². The van der Waals surface area contributed by atoms with E-state index in [-0.39, 0.29) is 17.2 Å². The van der Waals surface area contributed by atoms with Gasteiger partial charge in [0.1, 0.15) is 28.6 Å². The van der Waals surface area contributed by atoms with E-state index in [9.17, 15) is 9.90 Å². The van der Waals surface area contributed by atoms with E-state index in [1.165, 1.54) is 7.05 Å². The van der Waals surface area contributed by atoms with Gasteiger partial charge in [0.15, 0.2) is 0 Å². The molecule has 0 amide bonds.